The average molecular weight is 317 g/mol. The number of aromatic nitrogens is 3. The molecule has 124 valence electrons. The Kier molecular flexibility index (Phi) is 3.34. The Morgan fingerprint density at radius 2 is 2.09 bits per heavy atom. The van der Waals surface area contributed by atoms with Crippen molar-refractivity contribution in [3.8, 4) is 0 Å². The van der Waals surface area contributed by atoms with Crippen LogP contribution >= 0.6 is 0 Å². The van der Waals surface area contributed by atoms with Gasteiger partial charge in [0.15, 0.2) is 11.5 Å². The summed E-state index contributed by atoms with van der Waals surface area (Å²) in [6.07, 6.45) is 6.69. The third-order valence-corrected chi connectivity index (χ3v) is 5.51. The van der Waals surface area contributed by atoms with E-state index in [9.17, 15) is 4.39 Å². The molecule has 2 fully saturated rings. The maximum atomic E-state index is 14.1. The number of nitrogens with two attached hydrogens (primary N) is 1. The van der Waals surface area contributed by atoms with Crippen molar-refractivity contribution >= 4 is 11.5 Å². The zero-order chi connectivity index (χ0) is 16.2. The van der Waals surface area contributed by atoms with Gasteiger partial charge in [0.25, 0.3) is 0 Å². The first-order chi connectivity index (χ1) is 10.9. The van der Waals surface area contributed by atoms with Crippen molar-refractivity contribution in [2.75, 3.05) is 5.32 Å². The van der Waals surface area contributed by atoms with Crippen LogP contribution in [0.1, 0.15) is 51.6 Å². The van der Waals surface area contributed by atoms with Crippen molar-refractivity contribution in [3.05, 3.63) is 23.8 Å². The molecule has 0 aromatic carbocycles. The van der Waals surface area contributed by atoms with Gasteiger partial charge < -0.3 is 11.1 Å². The Balaban J connectivity index is 1.75. The Hall–Kier alpha value is -1.69. The van der Waals surface area contributed by atoms with Gasteiger partial charge in [-0.3, -0.25) is 0 Å². The van der Waals surface area contributed by atoms with E-state index in [-0.39, 0.29) is 17.3 Å². The van der Waals surface area contributed by atoms with Crippen molar-refractivity contribution in [3.63, 3.8) is 0 Å². The molecule has 0 saturated heterocycles. The predicted octanol–water partition coefficient (Wildman–Crippen LogP) is 2.85. The third-order valence-electron chi connectivity index (χ3n) is 5.51. The monoisotopic (exact) mass is 317 g/mol. The number of hydrogen-bond acceptors (Lipinski definition) is 4. The minimum atomic E-state index is -0.371. The molecule has 0 aliphatic heterocycles. The molecule has 0 radical (unpaired) electrons. The fraction of sp³-hybridized carbons (Fsp3) is 0.647. The standard InChI is InChI=1S/C17H24FN5/c1-17(2,10-3-4-10)14-8-15(21-12-6-5-11(19)7-12)23-16(22-14)13(18)9-20-23/h8-12,21H,3-7,19H2,1-2H3/t11-,12-/m0/s1. The molecule has 0 spiro atoms. The SMILES string of the molecule is CC(C)(c1cc(N[C@H]2CC[C@H](N)C2)n2ncc(F)c2n1)C1CC1. The number of nitrogens with one attached hydrogen (secondary N) is 1. The van der Waals surface area contributed by atoms with Crippen molar-refractivity contribution in [2.45, 2.75) is 63.5 Å². The molecule has 2 heterocycles. The summed E-state index contributed by atoms with van der Waals surface area (Å²) in [5.41, 5.74) is 7.22. The van der Waals surface area contributed by atoms with Crippen LogP contribution in [0, 0.1) is 11.7 Å². The second-order valence-corrected chi connectivity index (χ2v) is 7.66. The zero-order valence-corrected chi connectivity index (χ0v) is 13.7. The van der Waals surface area contributed by atoms with E-state index in [1.165, 1.54) is 19.0 Å². The normalized spacial score (nSPS) is 25.2. The molecule has 23 heavy (non-hydrogen) atoms. The molecule has 0 unspecified atom stereocenters. The van der Waals surface area contributed by atoms with Gasteiger partial charge in [0.05, 0.1) is 11.9 Å². The van der Waals surface area contributed by atoms with Crippen molar-refractivity contribution in [1.29, 1.82) is 0 Å². The topological polar surface area (TPSA) is 68.2 Å². The summed E-state index contributed by atoms with van der Waals surface area (Å²) in [5, 5.41) is 7.66. The molecular formula is C17H24FN5. The minimum absolute atomic E-state index is 0.0407. The first kappa shape index (κ1) is 14.9. The maximum Gasteiger partial charge on any atom is 0.193 e. The van der Waals surface area contributed by atoms with Crippen molar-refractivity contribution in [2.24, 2.45) is 11.7 Å². The molecule has 3 N–H and O–H groups in total. The van der Waals surface area contributed by atoms with E-state index in [1.54, 1.807) is 4.52 Å². The van der Waals surface area contributed by atoms with E-state index in [0.29, 0.717) is 17.6 Å². The molecule has 2 aliphatic carbocycles. The summed E-state index contributed by atoms with van der Waals surface area (Å²) >= 11 is 0. The number of rotatable bonds is 4. The van der Waals surface area contributed by atoms with Crippen LogP contribution in [0.4, 0.5) is 10.2 Å². The molecule has 0 bridgehead atoms. The highest BCUT2D eigenvalue weighted by molar-refractivity contribution is 5.52. The van der Waals surface area contributed by atoms with Gasteiger partial charge >= 0.3 is 0 Å². The second kappa shape index (κ2) is 5.16. The van der Waals surface area contributed by atoms with E-state index in [2.05, 4.69) is 29.2 Å². The Labute approximate surface area is 135 Å². The zero-order valence-electron chi connectivity index (χ0n) is 13.7. The fourth-order valence-electron chi connectivity index (χ4n) is 3.74. The van der Waals surface area contributed by atoms with E-state index in [1.807, 2.05) is 6.07 Å². The van der Waals surface area contributed by atoms with Gasteiger partial charge in [-0.05, 0) is 38.0 Å². The van der Waals surface area contributed by atoms with E-state index >= 15 is 0 Å². The predicted molar refractivity (Wildman–Crippen MR) is 87.9 cm³/mol. The molecule has 2 saturated carbocycles. The summed E-state index contributed by atoms with van der Waals surface area (Å²) in [6, 6.07) is 2.61. The highest BCUT2D eigenvalue weighted by atomic mass is 19.1. The van der Waals surface area contributed by atoms with Gasteiger partial charge in [-0.15, -0.1) is 0 Å². The lowest BCUT2D eigenvalue weighted by molar-refractivity contribution is 0.440. The smallest absolute Gasteiger partial charge is 0.193 e. The summed E-state index contributed by atoms with van der Waals surface area (Å²) in [6.45, 7) is 4.40. The van der Waals surface area contributed by atoms with Gasteiger partial charge in [-0.1, -0.05) is 13.8 Å². The van der Waals surface area contributed by atoms with Crippen LogP contribution in [0.2, 0.25) is 0 Å². The first-order valence-corrected chi connectivity index (χ1v) is 8.52. The summed E-state index contributed by atoms with van der Waals surface area (Å²) in [5.74, 6) is 1.09. The quantitative estimate of drug-likeness (QED) is 0.910. The molecular weight excluding hydrogens is 293 g/mol. The molecule has 2 aromatic heterocycles. The molecule has 0 amide bonds. The molecule has 2 aromatic rings. The largest absolute Gasteiger partial charge is 0.367 e. The van der Waals surface area contributed by atoms with Crippen LogP contribution in [0.5, 0.6) is 0 Å². The van der Waals surface area contributed by atoms with Crippen LogP contribution in [0.3, 0.4) is 0 Å². The van der Waals surface area contributed by atoms with Crippen LogP contribution in [-0.4, -0.2) is 26.7 Å². The van der Waals surface area contributed by atoms with Crippen molar-refractivity contribution in [1.82, 2.24) is 14.6 Å². The number of anilines is 1. The lowest BCUT2D eigenvalue weighted by Crippen LogP contribution is -2.25. The number of nitrogens with zero attached hydrogens (tertiary/aromatic N) is 3. The molecule has 4 rings (SSSR count). The first-order valence-electron chi connectivity index (χ1n) is 8.52. The van der Waals surface area contributed by atoms with Gasteiger partial charge in [0.1, 0.15) is 5.82 Å². The van der Waals surface area contributed by atoms with Crippen LogP contribution < -0.4 is 11.1 Å². The summed E-state index contributed by atoms with van der Waals surface area (Å²) in [7, 11) is 0. The summed E-state index contributed by atoms with van der Waals surface area (Å²) < 4.78 is 15.7. The van der Waals surface area contributed by atoms with Crippen LogP contribution in [0.25, 0.3) is 5.65 Å². The number of hydrogen-bond donors (Lipinski definition) is 2. The molecule has 2 atom stereocenters. The van der Waals surface area contributed by atoms with Gasteiger partial charge in [0, 0.05) is 23.6 Å². The molecule has 6 heteroatoms. The fourth-order valence-corrected chi connectivity index (χ4v) is 3.74. The van der Waals surface area contributed by atoms with E-state index < -0.39 is 0 Å². The minimum Gasteiger partial charge on any atom is -0.367 e. The number of halogens is 1. The lowest BCUT2D eigenvalue weighted by Gasteiger charge is -2.25. The summed E-state index contributed by atoms with van der Waals surface area (Å²) in [4.78, 5) is 4.58. The Morgan fingerprint density at radius 1 is 1.30 bits per heavy atom. The van der Waals surface area contributed by atoms with Gasteiger partial charge in [-0.25, -0.2) is 9.37 Å². The Bertz CT molecular complexity index is 734. The highest BCUT2D eigenvalue weighted by Crippen LogP contribution is 2.46. The van der Waals surface area contributed by atoms with Crippen LogP contribution in [-0.2, 0) is 5.41 Å². The van der Waals surface area contributed by atoms with Gasteiger partial charge in [-0.2, -0.15) is 9.61 Å². The van der Waals surface area contributed by atoms with E-state index in [4.69, 9.17) is 5.73 Å². The maximum absolute atomic E-state index is 14.1. The van der Waals surface area contributed by atoms with E-state index in [0.717, 1.165) is 30.8 Å². The molecule has 2 aliphatic rings. The molecule has 5 nitrogen and oxygen atoms in total. The number of fused-ring (bicyclic) bond motifs is 1. The average Bonchev–Trinajstić information content (AvgIpc) is 3.21. The van der Waals surface area contributed by atoms with Crippen molar-refractivity contribution < 1.29 is 4.39 Å². The lowest BCUT2D eigenvalue weighted by atomic mass is 9.83. The van der Waals surface area contributed by atoms with Gasteiger partial charge in [0.2, 0.25) is 0 Å². The third kappa shape index (κ3) is 2.59. The second-order valence-electron chi connectivity index (χ2n) is 7.66. The Morgan fingerprint density at radius 3 is 2.74 bits per heavy atom. The highest BCUT2D eigenvalue weighted by Gasteiger charge is 2.40. The van der Waals surface area contributed by atoms with Crippen LogP contribution in [0.15, 0.2) is 12.3 Å².